The first-order chi connectivity index (χ1) is 5.20. The van der Waals surface area contributed by atoms with Crippen molar-refractivity contribution >= 4 is 0 Å². The van der Waals surface area contributed by atoms with Gasteiger partial charge in [0.15, 0.2) is 0 Å². The Morgan fingerprint density at radius 1 is 1.00 bits per heavy atom. The van der Waals surface area contributed by atoms with E-state index >= 15 is 0 Å². The quantitative estimate of drug-likeness (QED) is 0.465. The fourth-order valence-corrected chi connectivity index (χ4v) is 2.95. The molecule has 0 aliphatic heterocycles. The SMILES string of the molecule is CC1CC2C=CC1C(C)C2C. The molecule has 0 aromatic heterocycles. The Morgan fingerprint density at radius 3 is 2.18 bits per heavy atom. The molecule has 0 aromatic carbocycles. The molecule has 0 radical (unpaired) electrons. The van der Waals surface area contributed by atoms with Crippen LogP contribution in [0.5, 0.6) is 0 Å². The monoisotopic (exact) mass is 150 g/mol. The zero-order valence-corrected chi connectivity index (χ0v) is 7.75. The Balaban J connectivity index is 2.27. The minimum atomic E-state index is 0.884. The van der Waals surface area contributed by atoms with Gasteiger partial charge in [-0.25, -0.2) is 0 Å². The van der Waals surface area contributed by atoms with E-state index < -0.39 is 0 Å². The lowest BCUT2D eigenvalue weighted by Gasteiger charge is -2.45. The molecule has 0 spiro atoms. The van der Waals surface area contributed by atoms with Crippen LogP contribution in [-0.2, 0) is 0 Å². The first kappa shape index (κ1) is 7.39. The number of hydrogen-bond donors (Lipinski definition) is 0. The third kappa shape index (κ3) is 0.953. The first-order valence-electron chi connectivity index (χ1n) is 4.88. The van der Waals surface area contributed by atoms with Crippen LogP contribution in [0.3, 0.4) is 0 Å². The van der Waals surface area contributed by atoms with E-state index in [2.05, 4.69) is 32.9 Å². The lowest BCUT2D eigenvalue weighted by molar-refractivity contribution is 0.0994. The average molecular weight is 150 g/mol. The molecule has 3 aliphatic rings. The maximum absolute atomic E-state index is 2.46. The molecule has 0 heteroatoms. The van der Waals surface area contributed by atoms with Crippen molar-refractivity contribution in [2.24, 2.45) is 29.6 Å². The number of fused-ring (bicyclic) bond motifs is 2. The Bertz CT molecular complexity index is 180. The van der Waals surface area contributed by atoms with E-state index in [0.717, 1.165) is 29.6 Å². The molecule has 62 valence electrons. The molecule has 2 bridgehead atoms. The van der Waals surface area contributed by atoms with Crippen LogP contribution >= 0.6 is 0 Å². The summed E-state index contributed by atoms with van der Waals surface area (Å²) in [6, 6.07) is 0. The Kier molecular flexibility index (Phi) is 1.59. The predicted molar refractivity (Wildman–Crippen MR) is 48.2 cm³/mol. The van der Waals surface area contributed by atoms with E-state index in [4.69, 9.17) is 0 Å². The molecule has 0 nitrogen and oxygen atoms in total. The summed E-state index contributed by atoms with van der Waals surface area (Å²) in [5.74, 6) is 4.58. The van der Waals surface area contributed by atoms with Crippen LogP contribution in [0.15, 0.2) is 12.2 Å². The highest BCUT2D eigenvalue weighted by Gasteiger charge is 2.39. The Labute approximate surface area is 69.7 Å². The topological polar surface area (TPSA) is 0 Å². The third-order valence-corrected chi connectivity index (χ3v) is 3.99. The standard InChI is InChI=1S/C11H18/c1-7-6-10-4-5-11(7)9(3)8(10)2/h4-5,7-11H,6H2,1-3H3. The molecule has 0 N–H and O–H groups in total. The second-order valence-electron chi connectivity index (χ2n) is 4.56. The summed E-state index contributed by atoms with van der Waals surface area (Å²) in [6.07, 6.45) is 6.35. The molecule has 11 heavy (non-hydrogen) atoms. The van der Waals surface area contributed by atoms with E-state index in [1.54, 1.807) is 0 Å². The third-order valence-electron chi connectivity index (χ3n) is 3.99. The van der Waals surface area contributed by atoms with Crippen LogP contribution in [0, 0.1) is 29.6 Å². The van der Waals surface area contributed by atoms with Crippen LogP contribution < -0.4 is 0 Å². The first-order valence-corrected chi connectivity index (χ1v) is 4.88. The Hall–Kier alpha value is -0.260. The molecule has 1 fully saturated rings. The van der Waals surface area contributed by atoms with Crippen molar-refractivity contribution in [2.75, 3.05) is 0 Å². The summed E-state index contributed by atoms with van der Waals surface area (Å²) in [6.45, 7) is 7.24. The summed E-state index contributed by atoms with van der Waals surface area (Å²) < 4.78 is 0. The highest BCUT2D eigenvalue weighted by molar-refractivity contribution is 5.09. The van der Waals surface area contributed by atoms with Gasteiger partial charge in [0, 0.05) is 0 Å². The van der Waals surface area contributed by atoms with Gasteiger partial charge in [0.05, 0.1) is 0 Å². The molecular formula is C11H18. The summed E-state index contributed by atoms with van der Waals surface area (Å²) in [5, 5.41) is 0. The zero-order valence-electron chi connectivity index (χ0n) is 7.75. The highest BCUT2D eigenvalue weighted by Crippen LogP contribution is 2.47. The van der Waals surface area contributed by atoms with E-state index in [0.29, 0.717) is 0 Å². The number of rotatable bonds is 0. The van der Waals surface area contributed by atoms with Crippen molar-refractivity contribution < 1.29 is 0 Å². The maximum atomic E-state index is 2.46. The van der Waals surface area contributed by atoms with Crippen molar-refractivity contribution in [1.82, 2.24) is 0 Å². The summed E-state index contributed by atoms with van der Waals surface area (Å²) in [4.78, 5) is 0. The average Bonchev–Trinajstić information content (AvgIpc) is 1.99. The van der Waals surface area contributed by atoms with Gasteiger partial charge in [-0.05, 0) is 36.0 Å². The van der Waals surface area contributed by atoms with Crippen molar-refractivity contribution in [1.29, 1.82) is 0 Å². The molecule has 3 rings (SSSR count). The van der Waals surface area contributed by atoms with E-state index in [9.17, 15) is 0 Å². The van der Waals surface area contributed by atoms with Crippen LogP contribution in [0.2, 0.25) is 0 Å². The summed E-state index contributed by atoms with van der Waals surface area (Å²) in [5.41, 5.74) is 0. The normalized spacial score (nSPS) is 55.0. The number of allylic oxidation sites excluding steroid dienone is 2. The Morgan fingerprint density at radius 2 is 1.73 bits per heavy atom. The van der Waals surface area contributed by atoms with Crippen LogP contribution in [0.1, 0.15) is 27.2 Å². The van der Waals surface area contributed by atoms with E-state index in [1.807, 2.05) is 0 Å². The van der Waals surface area contributed by atoms with Gasteiger partial charge in [-0.1, -0.05) is 32.9 Å². The van der Waals surface area contributed by atoms with Crippen molar-refractivity contribution in [3.8, 4) is 0 Å². The summed E-state index contributed by atoms with van der Waals surface area (Å²) >= 11 is 0. The van der Waals surface area contributed by atoms with Crippen LogP contribution in [0.4, 0.5) is 0 Å². The second kappa shape index (κ2) is 2.36. The smallest absolute Gasteiger partial charge is 0.0179 e. The van der Waals surface area contributed by atoms with Gasteiger partial charge in [0.25, 0.3) is 0 Å². The fourth-order valence-electron chi connectivity index (χ4n) is 2.95. The molecule has 5 unspecified atom stereocenters. The van der Waals surface area contributed by atoms with Gasteiger partial charge in [-0.15, -0.1) is 0 Å². The lowest BCUT2D eigenvalue weighted by Crippen LogP contribution is -2.38. The maximum Gasteiger partial charge on any atom is -0.0179 e. The van der Waals surface area contributed by atoms with E-state index in [-0.39, 0.29) is 0 Å². The van der Waals surface area contributed by atoms with Gasteiger partial charge in [0.1, 0.15) is 0 Å². The molecule has 0 amide bonds. The van der Waals surface area contributed by atoms with Crippen molar-refractivity contribution in [3.63, 3.8) is 0 Å². The van der Waals surface area contributed by atoms with Crippen molar-refractivity contribution in [2.45, 2.75) is 27.2 Å². The summed E-state index contributed by atoms with van der Waals surface area (Å²) in [7, 11) is 0. The molecule has 0 heterocycles. The molecule has 5 atom stereocenters. The molecule has 0 saturated heterocycles. The van der Waals surface area contributed by atoms with Crippen LogP contribution in [0.25, 0.3) is 0 Å². The zero-order chi connectivity index (χ0) is 8.01. The van der Waals surface area contributed by atoms with Gasteiger partial charge >= 0.3 is 0 Å². The van der Waals surface area contributed by atoms with E-state index in [1.165, 1.54) is 6.42 Å². The van der Waals surface area contributed by atoms with Crippen LogP contribution in [-0.4, -0.2) is 0 Å². The van der Waals surface area contributed by atoms with Gasteiger partial charge in [-0.3, -0.25) is 0 Å². The second-order valence-corrected chi connectivity index (χ2v) is 4.56. The largest absolute Gasteiger partial charge is 0.0848 e. The fraction of sp³-hybridized carbons (Fsp3) is 0.818. The molecular weight excluding hydrogens is 132 g/mol. The lowest BCUT2D eigenvalue weighted by atomic mass is 9.59. The minimum absolute atomic E-state index is 0.884. The number of hydrogen-bond acceptors (Lipinski definition) is 0. The minimum Gasteiger partial charge on any atom is -0.0848 e. The van der Waals surface area contributed by atoms with Gasteiger partial charge < -0.3 is 0 Å². The highest BCUT2D eigenvalue weighted by atomic mass is 14.4. The molecule has 0 aromatic rings. The molecule has 1 saturated carbocycles. The van der Waals surface area contributed by atoms with Gasteiger partial charge in [0.2, 0.25) is 0 Å². The van der Waals surface area contributed by atoms with Crippen molar-refractivity contribution in [3.05, 3.63) is 12.2 Å². The van der Waals surface area contributed by atoms with Gasteiger partial charge in [-0.2, -0.15) is 0 Å². The predicted octanol–water partition coefficient (Wildman–Crippen LogP) is 3.10. The molecule has 3 aliphatic carbocycles.